The van der Waals surface area contributed by atoms with Gasteiger partial charge in [0.1, 0.15) is 0 Å². The van der Waals surface area contributed by atoms with Crippen molar-refractivity contribution in [2.24, 2.45) is 0 Å². The summed E-state index contributed by atoms with van der Waals surface area (Å²) in [4.78, 5) is 33.0. The number of hydrogen-bond acceptors (Lipinski definition) is 4. The smallest absolute Gasteiger partial charge is 0.321 e. The van der Waals surface area contributed by atoms with Gasteiger partial charge in [-0.2, -0.15) is 0 Å². The number of carbonyl (C=O) groups excluding carboxylic acids is 2. The second kappa shape index (κ2) is 9.75. The molecular weight excluding hydrogens is 390 g/mol. The molecule has 0 aliphatic carbocycles. The van der Waals surface area contributed by atoms with Crippen LogP contribution < -0.4 is 15.5 Å². The third kappa shape index (κ3) is 5.39. The molecule has 2 heterocycles. The van der Waals surface area contributed by atoms with Crippen LogP contribution in [0.2, 0.25) is 0 Å². The molecule has 0 spiro atoms. The van der Waals surface area contributed by atoms with Crippen molar-refractivity contribution in [1.29, 1.82) is 0 Å². The molecule has 3 amide bonds. The second-order valence-electron chi connectivity index (χ2n) is 7.36. The summed E-state index contributed by atoms with van der Waals surface area (Å²) in [6.07, 6.45) is 3.39. The molecule has 0 radical (unpaired) electrons. The predicted molar refractivity (Wildman–Crippen MR) is 121 cm³/mol. The minimum atomic E-state index is -0.160. The van der Waals surface area contributed by atoms with Gasteiger partial charge in [-0.15, -0.1) is 0 Å². The lowest BCUT2D eigenvalue weighted by molar-refractivity contribution is 0.0951. The number of carbonyl (C=O) groups is 2. The van der Waals surface area contributed by atoms with Crippen molar-refractivity contribution in [3.63, 3.8) is 0 Å². The van der Waals surface area contributed by atoms with E-state index in [4.69, 9.17) is 0 Å². The largest absolute Gasteiger partial charge is 0.368 e. The average Bonchev–Trinajstić information content (AvgIpc) is 2.84. The number of nitrogens with one attached hydrogen (secondary N) is 2. The molecule has 0 saturated carbocycles. The van der Waals surface area contributed by atoms with Gasteiger partial charge < -0.3 is 20.4 Å². The molecule has 31 heavy (non-hydrogen) atoms. The maximum atomic E-state index is 12.6. The molecule has 7 nitrogen and oxygen atoms in total. The molecule has 1 aliphatic rings. The monoisotopic (exact) mass is 415 g/mol. The Kier molecular flexibility index (Phi) is 6.42. The van der Waals surface area contributed by atoms with E-state index in [9.17, 15) is 9.59 Å². The number of aromatic nitrogens is 1. The molecule has 158 valence electrons. The molecule has 1 saturated heterocycles. The van der Waals surface area contributed by atoms with Crippen molar-refractivity contribution in [3.8, 4) is 0 Å². The lowest BCUT2D eigenvalue weighted by Crippen LogP contribution is -2.50. The Labute approximate surface area is 181 Å². The first kappa shape index (κ1) is 20.4. The first-order valence-corrected chi connectivity index (χ1v) is 10.3. The standard InChI is InChI=1S/C24H25N5O2/c30-23(26-18-19-10-12-25-13-11-19)20-6-8-21(9-7-20)27-24(31)29-16-14-28(15-17-29)22-4-2-1-3-5-22/h1-13H,14-18H2,(H,26,30)(H,27,31). The SMILES string of the molecule is O=C(NCc1ccncc1)c1ccc(NC(=O)N2CCN(c3ccccc3)CC2)cc1. The van der Waals surface area contributed by atoms with Crippen LogP contribution in [0.4, 0.5) is 16.2 Å². The summed E-state index contributed by atoms with van der Waals surface area (Å²) >= 11 is 0. The molecule has 0 unspecified atom stereocenters. The van der Waals surface area contributed by atoms with Crippen molar-refractivity contribution in [2.75, 3.05) is 36.4 Å². The number of hydrogen-bond donors (Lipinski definition) is 2. The number of rotatable bonds is 5. The zero-order valence-corrected chi connectivity index (χ0v) is 17.2. The third-order valence-electron chi connectivity index (χ3n) is 5.29. The van der Waals surface area contributed by atoms with Crippen molar-refractivity contribution >= 4 is 23.3 Å². The van der Waals surface area contributed by atoms with Gasteiger partial charge in [0, 0.05) is 62.1 Å². The zero-order chi connectivity index (χ0) is 21.5. The van der Waals surface area contributed by atoms with Gasteiger partial charge in [-0.1, -0.05) is 18.2 Å². The highest BCUT2D eigenvalue weighted by molar-refractivity contribution is 5.95. The predicted octanol–water partition coefficient (Wildman–Crippen LogP) is 3.37. The minimum absolute atomic E-state index is 0.123. The van der Waals surface area contributed by atoms with Crippen LogP contribution in [0, 0.1) is 0 Å². The van der Waals surface area contributed by atoms with Crippen LogP contribution in [0.25, 0.3) is 0 Å². The van der Waals surface area contributed by atoms with Crippen LogP contribution in [0.1, 0.15) is 15.9 Å². The van der Waals surface area contributed by atoms with E-state index in [0.29, 0.717) is 30.9 Å². The lowest BCUT2D eigenvalue weighted by atomic mass is 10.2. The summed E-state index contributed by atoms with van der Waals surface area (Å²) in [5.74, 6) is -0.160. The first-order valence-electron chi connectivity index (χ1n) is 10.3. The van der Waals surface area contributed by atoms with E-state index in [2.05, 4.69) is 32.7 Å². The average molecular weight is 415 g/mol. The Bertz CT molecular complexity index is 1000. The summed E-state index contributed by atoms with van der Waals surface area (Å²) in [6, 6.07) is 20.8. The van der Waals surface area contributed by atoms with Crippen LogP contribution in [-0.4, -0.2) is 48.0 Å². The van der Waals surface area contributed by atoms with Crippen LogP contribution in [0.5, 0.6) is 0 Å². The Balaban J connectivity index is 1.26. The number of para-hydroxylation sites is 1. The fraction of sp³-hybridized carbons (Fsp3) is 0.208. The van der Waals surface area contributed by atoms with Gasteiger partial charge in [0.05, 0.1) is 0 Å². The van der Waals surface area contributed by atoms with Gasteiger partial charge in [0.2, 0.25) is 0 Å². The van der Waals surface area contributed by atoms with Crippen molar-refractivity contribution in [1.82, 2.24) is 15.2 Å². The summed E-state index contributed by atoms with van der Waals surface area (Å²) in [5, 5.41) is 5.80. The van der Waals surface area contributed by atoms with E-state index in [1.807, 2.05) is 35.2 Å². The number of urea groups is 1. The maximum Gasteiger partial charge on any atom is 0.321 e. The van der Waals surface area contributed by atoms with Crippen LogP contribution in [0.15, 0.2) is 79.1 Å². The van der Waals surface area contributed by atoms with E-state index in [1.165, 1.54) is 5.69 Å². The minimum Gasteiger partial charge on any atom is -0.368 e. The molecule has 2 aromatic carbocycles. The number of amides is 3. The lowest BCUT2D eigenvalue weighted by Gasteiger charge is -2.36. The van der Waals surface area contributed by atoms with E-state index in [-0.39, 0.29) is 11.9 Å². The maximum absolute atomic E-state index is 12.6. The van der Waals surface area contributed by atoms with E-state index >= 15 is 0 Å². The van der Waals surface area contributed by atoms with Gasteiger partial charge in [-0.05, 0) is 54.1 Å². The second-order valence-corrected chi connectivity index (χ2v) is 7.36. The Morgan fingerprint density at radius 2 is 1.52 bits per heavy atom. The summed E-state index contributed by atoms with van der Waals surface area (Å²) in [5.41, 5.74) is 3.38. The van der Waals surface area contributed by atoms with Gasteiger partial charge in [-0.25, -0.2) is 4.79 Å². The highest BCUT2D eigenvalue weighted by Crippen LogP contribution is 2.17. The summed E-state index contributed by atoms with van der Waals surface area (Å²) in [6.45, 7) is 3.36. The molecule has 1 fully saturated rings. The molecule has 4 rings (SSSR count). The summed E-state index contributed by atoms with van der Waals surface area (Å²) in [7, 11) is 0. The van der Waals surface area contributed by atoms with Crippen molar-refractivity contribution in [3.05, 3.63) is 90.3 Å². The van der Waals surface area contributed by atoms with Crippen LogP contribution in [-0.2, 0) is 6.54 Å². The van der Waals surface area contributed by atoms with E-state index in [1.54, 1.807) is 36.7 Å². The molecule has 1 aliphatic heterocycles. The molecule has 1 aromatic heterocycles. The fourth-order valence-corrected chi connectivity index (χ4v) is 3.50. The Morgan fingerprint density at radius 1 is 0.839 bits per heavy atom. The normalized spacial score (nSPS) is 13.5. The van der Waals surface area contributed by atoms with Crippen LogP contribution in [0.3, 0.4) is 0 Å². The molecule has 3 aromatic rings. The highest BCUT2D eigenvalue weighted by atomic mass is 16.2. The van der Waals surface area contributed by atoms with Crippen molar-refractivity contribution < 1.29 is 9.59 Å². The third-order valence-corrected chi connectivity index (χ3v) is 5.29. The highest BCUT2D eigenvalue weighted by Gasteiger charge is 2.21. The molecule has 0 bridgehead atoms. The van der Waals surface area contributed by atoms with Gasteiger partial charge >= 0.3 is 6.03 Å². The summed E-state index contributed by atoms with van der Waals surface area (Å²) < 4.78 is 0. The van der Waals surface area contributed by atoms with Crippen LogP contribution >= 0.6 is 0 Å². The number of benzene rings is 2. The Hall–Kier alpha value is -3.87. The molecular formula is C24H25N5O2. The van der Waals surface area contributed by atoms with Gasteiger partial charge in [0.15, 0.2) is 0 Å². The molecule has 7 heteroatoms. The van der Waals surface area contributed by atoms with E-state index < -0.39 is 0 Å². The van der Waals surface area contributed by atoms with Crippen molar-refractivity contribution in [2.45, 2.75) is 6.54 Å². The number of nitrogens with zero attached hydrogens (tertiary/aromatic N) is 3. The first-order chi connectivity index (χ1) is 15.2. The van der Waals surface area contributed by atoms with Gasteiger partial charge in [0.25, 0.3) is 5.91 Å². The zero-order valence-electron chi connectivity index (χ0n) is 17.2. The molecule has 0 atom stereocenters. The van der Waals surface area contributed by atoms with Gasteiger partial charge in [-0.3, -0.25) is 9.78 Å². The topological polar surface area (TPSA) is 77.6 Å². The number of pyridine rings is 1. The molecule has 2 N–H and O–H groups in total. The Morgan fingerprint density at radius 3 is 2.19 bits per heavy atom. The number of piperazine rings is 1. The number of anilines is 2. The fourth-order valence-electron chi connectivity index (χ4n) is 3.50. The van der Waals surface area contributed by atoms with E-state index in [0.717, 1.165) is 18.7 Å². The quantitative estimate of drug-likeness (QED) is 0.670.